The molecule has 2 N–H and O–H groups in total. The van der Waals surface area contributed by atoms with Crippen molar-refractivity contribution in [2.75, 3.05) is 4.72 Å². The normalized spacial score (nSPS) is 11.1. The van der Waals surface area contributed by atoms with Gasteiger partial charge in [-0.15, -0.1) is 0 Å². The topological polar surface area (TPSA) is 96.4 Å². The Balaban J connectivity index is 2.45. The number of hydrogen-bond acceptors (Lipinski definition) is 4. The van der Waals surface area contributed by atoms with Gasteiger partial charge in [-0.05, 0) is 24.3 Å². The van der Waals surface area contributed by atoms with Crippen molar-refractivity contribution in [2.24, 2.45) is 0 Å². The quantitative estimate of drug-likeness (QED) is 0.844. The number of nitrogens with one attached hydrogen (secondary N) is 1. The fraction of sp³-hybridized carbons (Fsp3) is 0. The minimum Gasteiger partial charge on any atom is -0.478 e. The highest BCUT2D eigenvalue weighted by Crippen LogP contribution is 2.23. The predicted molar refractivity (Wildman–Crippen MR) is 73.5 cm³/mol. The summed E-state index contributed by atoms with van der Waals surface area (Å²) in [7, 11) is -4.01. The Kier molecular flexibility index (Phi) is 3.91. The molecule has 2 rings (SSSR count). The van der Waals surface area contributed by atoms with Crippen molar-refractivity contribution in [3.05, 3.63) is 53.3 Å². The lowest BCUT2D eigenvalue weighted by Gasteiger charge is -2.10. The Morgan fingerprint density at radius 1 is 1.20 bits per heavy atom. The molecule has 2 aromatic rings. The van der Waals surface area contributed by atoms with E-state index in [1.165, 1.54) is 42.6 Å². The summed E-state index contributed by atoms with van der Waals surface area (Å²) in [5, 5.41) is 8.83. The number of aromatic carboxylic acids is 1. The van der Waals surface area contributed by atoms with Crippen LogP contribution in [0.15, 0.2) is 47.5 Å². The van der Waals surface area contributed by atoms with Crippen molar-refractivity contribution in [2.45, 2.75) is 4.90 Å². The van der Waals surface area contributed by atoms with E-state index in [0.717, 1.165) is 0 Å². The highest BCUT2D eigenvalue weighted by atomic mass is 35.5. The predicted octanol–water partition coefficient (Wildman–Crippen LogP) is 2.23. The molecule has 1 aromatic heterocycles. The lowest BCUT2D eigenvalue weighted by atomic mass is 10.2. The number of nitrogens with zero attached hydrogens (tertiary/aromatic N) is 1. The van der Waals surface area contributed by atoms with Gasteiger partial charge in [0.25, 0.3) is 10.0 Å². The van der Waals surface area contributed by atoms with Crippen molar-refractivity contribution in [1.82, 2.24) is 4.98 Å². The first kappa shape index (κ1) is 14.3. The molecule has 0 saturated carbocycles. The number of carbonyl (C=O) groups is 1. The van der Waals surface area contributed by atoms with E-state index in [9.17, 15) is 13.2 Å². The van der Waals surface area contributed by atoms with Crippen LogP contribution in [0.4, 0.5) is 5.69 Å². The maximum atomic E-state index is 12.2. The summed E-state index contributed by atoms with van der Waals surface area (Å²) in [6.45, 7) is 0. The molecule has 8 heteroatoms. The highest BCUT2D eigenvalue weighted by Gasteiger charge is 2.21. The van der Waals surface area contributed by atoms with Gasteiger partial charge in [0.15, 0.2) is 0 Å². The average Bonchev–Trinajstić information content (AvgIpc) is 2.39. The van der Waals surface area contributed by atoms with Crippen LogP contribution in [0.5, 0.6) is 0 Å². The van der Waals surface area contributed by atoms with Crippen LogP contribution in [-0.2, 0) is 10.0 Å². The Morgan fingerprint density at radius 3 is 2.55 bits per heavy atom. The summed E-state index contributed by atoms with van der Waals surface area (Å²) in [5.74, 6) is -1.24. The first-order valence-electron chi connectivity index (χ1n) is 5.37. The fourth-order valence-electron chi connectivity index (χ4n) is 1.53. The van der Waals surface area contributed by atoms with Gasteiger partial charge in [0.2, 0.25) is 0 Å². The summed E-state index contributed by atoms with van der Waals surface area (Å²) in [5.41, 5.74) is -0.198. The van der Waals surface area contributed by atoms with Gasteiger partial charge in [0.05, 0.1) is 11.3 Å². The van der Waals surface area contributed by atoms with Crippen LogP contribution >= 0.6 is 11.6 Å². The molecule has 0 aliphatic heterocycles. The number of sulfonamides is 1. The van der Waals surface area contributed by atoms with E-state index < -0.39 is 16.0 Å². The molecule has 0 unspecified atom stereocenters. The number of anilines is 1. The maximum absolute atomic E-state index is 12.2. The standard InChI is InChI=1S/C12H9ClN2O4S/c13-11-10(6-3-7-14-11)20(18,19)15-9-5-2-1-4-8(9)12(16)17/h1-7,15H,(H,16,17). The van der Waals surface area contributed by atoms with Crippen LogP contribution in [0, 0.1) is 0 Å². The number of hydrogen-bond donors (Lipinski definition) is 2. The molecule has 0 aliphatic rings. The van der Waals surface area contributed by atoms with Gasteiger partial charge < -0.3 is 5.11 Å². The Labute approximate surface area is 120 Å². The van der Waals surface area contributed by atoms with E-state index in [0.29, 0.717) is 0 Å². The van der Waals surface area contributed by atoms with Gasteiger partial charge in [0, 0.05) is 6.20 Å². The molecule has 1 heterocycles. The zero-order chi connectivity index (χ0) is 14.8. The van der Waals surface area contributed by atoms with Gasteiger partial charge >= 0.3 is 5.97 Å². The average molecular weight is 313 g/mol. The van der Waals surface area contributed by atoms with Gasteiger partial charge in [-0.2, -0.15) is 0 Å². The second-order valence-electron chi connectivity index (χ2n) is 3.75. The minimum absolute atomic E-state index is 0.0417. The zero-order valence-electron chi connectivity index (χ0n) is 9.95. The first-order chi connectivity index (χ1) is 9.42. The molecule has 1 aromatic carbocycles. The molecule has 0 amide bonds. The van der Waals surface area contributed by atoms with E-state index >= 15 is 0 Å². The van der Waals surface area contributed by atoms with Crippen LogP contribution in [0.3, 0.4) is 0 Å². The number of benzene rings is 1. The lowest BCUT2D eigenvalue weighted by molar-refractivity contribution is 0.0698. The molecule has 20 heavy (non-hydrogen) atoms. The van der Waals surface area contributed by atoms with Crippen LogP contribution in [0.2, 0.25) is 5.15 Å². The van der Waals surface area contributed by atoms with E-state index in [-0.39, 0.29) is 21.3 Å². The van der Waals surface area contributed by atoms with Crippen LogP contribution in [-0.4, -0.2) is 24.5 Å². The Bertz CT molecular complexity index is 762. The largest absolute Gasteiger partial charge is 0.478 e. The maximum Gasteiger partial charge on any atom is 0.337 e. The van der Waals surface area contributed by atoms with Crippen molar-refractivity contribution in [3.8, 4) is 0 Å². The molecular formula is C12H9ClN2O4S. The van der Waals surface area contributed by atoms with E-state index in [4.69, 9.17) is 16.7 Å². The van der Waals surface area contributed by atoms with Crippen molar-refractivity contribution in [3.63, 3.8) is 0 Å². The summed E-state index contributed by atoms with van der Waals surface area (Å²) in [4.78, 5) is 14.5. The third-order valence-corrected chi connectivity index (χ3v) is 4.23. The van der Waals surface area contributed by atoms with E-state index in [2.05, 4.69) is 9.71 Å². The van der Waals surface area contributed by atoms with Gasteiger partial charge in [-0.1, -0.05) is 23.7 Å². The molecule has 0 radical (unpaired) electrons. The number of halogens is 1. The fourth-order valence-corrected chi connectivity index (χ4v) is 3.06. The number of carboxylic acids is 1. The van der Waals surface area contributed by atoms with Gasteiger partial charge in [-0.3, -0.25) is 4.72 Å². The molecule has 0 fully saturated rings. The van der Waals surface area contributed by atoms with Crippen LogP contribution in [0.1, 0.15) is 10.4 Å². The van der Waals surface area contributed by atoms with Gasteiger partial charge in [-0.25, -0.2) is 18.2 Å². The molecule has 0 aliphatic carbocycles. The number of aromatic nitrogens is 1. The third-order valence-electron chi connectivity index (χ3n) is 2.42. The van der Waals surface area contributed by atoms with Gasteiger partial charge in [0.1, 0.15) is 10.0 Å². The second kappa shape index (κ2) is 5.48. The summed E-state index contributed by atoms with van der Waals surface area (Å²) in [6, 6.07) is 8.37. The molecule has 0 bridgehead atoms. The highest BCUT2D eigenvalue weighted by molar-refractivity contribution is 7.92. The molecule has 0 atom stereocenters. The number of pyridine rings is 1. The second-order valence-corrected chi connectivity index (χ2v) is 5.76. The summed E-state index contributed by atoms with van der Waals surface area (Å²) < 4.78 is 26.5. The number of para-hydroxylation sites is 1. The van der Waals surface area contributed by atoms with Crippen LogP contribution < -0.4 is 4.72 Å². The molecule has 104 valence electrons. The van der Waals surface area contributed by atoms with Crippen molar-refractivity contribution < 1.29 is 18.3 Å². The molecular weight excluding hydrogens is 304 g/mol. The molecule has 0 spiro atoms. The lowest BCUT2D eigenvalue weighted by Crippen LogP contribution is -2.16. The minimum atomic E-state index is -4.01. The van der Waals surface area contributed by atoms with Crippen LogP contribution in [0.25, 0.3) is 0 Å². The van der Waals surface area contributed by atoms with E-state index in [1.807, 2.05) is 0 Å². The molecule has 0 saturated heterocycles. The SMILES string of the molecule is O=C(O)c1ccccc1NS(=O)(=O)c1cccnc1Cl. The summed E-state index contributed by atoms with van der Waals surface area (Å²) >= 11 is 5.73. The van der Waals surface area contributed by atoms with E-state index in [1.54, 1.807) is 0 Å². The Morgan fingerprint density at radius 2 is 1.90 bits per heavy atom. The summed E-state index contributed by atoms with van der Waals surface area (Å²) in [6.07, 6.45) is 1.35. The first-order valence-corrected chi connectivity index (χ1v) is 7.23. The van der Waals surface area contributed by atoms with Crippen molar-refractivity contribution in [1.29, 1.82) is 0 Å². The Hall–Kier alpha value is -2.12. The zero-order valence-corrected chi connectivity index (χ0v) is 11.5. The molecule has 6 nitrogen and oxygen atoms in total. The monoisotopic (exact) mass is 312 g/mol. The number of carboxylic acid groups (broad SMARTS) is 1. The smallest absolute Gasteiger partial charge is 0.337 e. The van der Waals surface area contributed by atoms with Crippen molar-refractivity contribution >= 4 is 33.3 Å². The number of rotatable bonds is 4. The third kappa shape index (κ3) is 2.89.